The third-order valence-electron chi connectivity index (χ3n) is 2.92. The Kier molecular flexibility index (Phi) is 5.11. The Morgan fingerprint density at radius 1 is 1.19 bits per heavy atom. The molecule has 5 nitrogen and oxygen atoms in total. The fourth-order valence-corrected chi connectivity index (χ4v) is 1.98. The Balaban J connectivity index is 2.02. The third-order valence-corrected chi connectivity index (χ3v) is 3.17. The van der Waals surface area contributed by atoms with Crippen molar-refractivity contribution in [2.45, 2.75) is 13.5 Å². The molecule has 1 N–H and O–H groups in total. The first kappa shape index (κ1) is 15.3. The van der Waals surface area contributed by atoms with Gasteiger partial charge in [0.15, 0.2) is 5.69 Å². The lowest BCUT2D eigenvalue weighted by molar-refractivity contribution is 0.0778. The number of nitrogens with zero attached hydrogens (tertiary/aromatic N) is 3. The summed E-state index contributed by atoms with van der Waals surface area (Å²) in [4.78, 5) is 13.9. The maximum Gasteiger partial charge on any atom is 0.274 e. The van der Waals surface area contributed by atoms with Crippen LogP contribution in [0.15, 0.2) is 36.4 Å². The Hall–Kier alpha value is -2.14. The van der Waals surface area contributed by atoms with Crippen LogP contribution in [0.5, 0.6) is 0 Å². The Labute approximate surface area is 128 Å². The van der Waals surface area contributed by atoms with E-state index in [1.165, 1.54) is 0 Å². The topological polar surface area (TPSA) is 58.1 Å². The number of anilines is 1. The zero-order valence-electron chi connectivity index (χ0n) is 12.0. The van der Waals surface area contributed by atoms with Crippen molar-refractivity contribution >= 4 is 23.3 Å². The Morgan fingerprint density at radius 3 is 2.48 bits per heavy atom. The molecule has 0 aliphatic rings. The van der Waals surface area contributed by atoms with Crippen LogP contribution in [0, 0.1) is 0 Å². The van der Waals surface area contributed by atoms with Crippen LogP contribution < -0.4 is 5.32 Å². The Morgan fingerprint density at radius 2 is 1.90 bits per heavy atom. The molecule has 0 aliphatic heterocycles. The number of hydrogen-bond acceptors (Lipinski definition) is 4. The fourth-order valence-electron chi connectivity index (χ4n) is 1.85. The van der Waals surface area contributed by atoms with E-state index in [0.717, 1.165) is 12.1 Å². The number of benzene rings is 1. The second kappa shape index (κ2) is 7.04. The van der Waals surface area contributed by atoms with Crippen molar-refractivity contribution in [1.82, 2.24) is 15.1 Å². The molecule has 1 amide bonds. The predicted octanol–water partition coefficient (Wildman–Crippen LogP) is 2.83. The second-order valence-electron chi connectivity index (χ2n) is 4.62. The maximum absolute atomic E-state index is 12.3. The number of aromatic nitrogens is 2. The molecule has 0 fully saturated rings. The molecule has 2 aromatic rings. The van der Waals surface area contributed by atoms with E-state index in [1.54, 1.807) is 36.2 Å². The first-order valence-electron chi connectivity index (χ1n) is 6.67. The summed E-state index contributed by atoms with van der Waals surface area (Å²) >= 11 is 5.84. The molecular weight excluding hydrogens is 288 g/mol. The van der Waals surface area contributed by atoms with E-state index in [9.17, 15) is 4.79 Å². The molecule has 1 aromatic carbocycles. The van der Waals surface area contributed by atoms with Crippen LogP contribution >= 0.6 is 11.6 Å². The quantitative estimate of drug-likeness (QED) is 0.923. The first-order chi connectivity index (χ1) is 10.1. The second-order valence-corrected chi connectivity index (χ2v) is 5.06. The zero-order chi connectivity index (χ0) is 15.2. The lowest BCUT2D eigenvalue weighted by Crippen LogP contribution is -2.27. The minimum Gasteiger partial charge on any atom is -0.369 e. The van der Waals surface area contributed by atoms with Crippen molar-refractivity contribution in [1.29, 1.82) is 0 Å². The van der Waals surface area contributed by atoms with Crippen molar-refractivity contribution < 1.29 is 4.79 Å². The molecule has 110 valence electrons. The average molecular weight is 305 g/mol. The molecule has 0 saturated heterocycles. The lowest BCUT2D eigenvalue weighted by atomic mass is 10.2. The molecule has 0 saturated carbocycles. The third kappa shape index (κ3) is 4.16. The summed E-state index contributed by atoms with van der Waals surface area (Å²) in [6.07, 6.45) is 0. The SMILES string of the molecule is CCNc1ccc(C(=O)N(C)Cc2ccc(Cl)cc2)nn1. The predicted molar refractivity (Wildman–Crippen MR) is 83.4 cm³/mol. The molecule has 21 heavy (non-hydrogen) atoms. The number of rotatable bonds is 5. The summed E-state index contributed by atoms with van der Waals surface area (Å²) in [7, 11) is 1.73. The van der Waals surface area contributed by atoms with Gasteiger partial charge in [-0.2, -0.15) is 0 Å². The molecule has 1 heterocycles. The molecular formula is C15H17ClN4O. The van der Waals surface area contributed by atoms with Crippen LogP contribution in [0.1, 0.15) is 23.0 Å². The number of amides is 1. The molecule has 2 rings (SSSR count). The molecule has 0 aliphatic carbocycles. The van der Waals surface area contributed by atoms with Crippen molar-refractivity contribution in [3.63, 3.8) is 0 Å². The van der Waals surface area contributed by atoms with Gasteiger partial charge in [0.2, 0.25) is 0 Å². The van der Waals surface area contributed by atoms with E-state index in [2.05, 4.69) is 15.5 Å². The van der Waals surface area contributed by atoms with Gasteiger partial charge in [-0.05, 0) is 36.8 Å². The van der Waals surface area contributed by atoms with Gasteiger partial charge in [0.05, 0.1) is 0 Å². The lowest BCUT2D eigenvalue weighted by Gasteiger charge is -2.16. The van der Waals surface area contributed by atoms with E-state index in [-0.39, 0.29) is 5.91 Å². The minimum atomic E-state index is -0.166. The number of hydrogen-bond donors (Lipinski definition) is 1. The van der Waals surface area contributed by atoms with Crippen molar-refractivity contribution in [2.24, 2.45) is 0 Å². The van der Waals surface area contributed by atoms with Gasteiger partial charge in [-0.15, -0.1) is 10.2 Å². The largest absolute Gasteiger partial charge is 0.369 e. The van der Waals surface area contributed by atoms with E-state index in [0.29, 0.717) is 23.1 Å². The molecule has 0 atom stereocenters. The summed E-state index contributed by atoms with van der Waals surface area (Å²) in [5.41, 5.74) is 1.33. The zero-order valence-corrected chi connectivity index (χ0v) is 12.8. The maximum atomic E-state index is 12.3. The van der Waals surface area contributed by atoms with Crippen molar-refractivity contribution in [3.05, 3.63) is 52.7 Å². The van der Waals surface area contributed by atoms with Gasteiger partial charge < -0.3 is 10.2 Å². The van der Waals surface area contributed by atoms with Crippen molar-refractivity contribution in [2.75, 3.05) is 18.9 Å². The summed E-state index contributed by atoms with van der Waals surface area (Å²) in [5.74, 6) is 0.495. The van der Waals surface area contributed by atoms with Crippen LogP contribution in [0.4, 0.5) is 5.82 Å². The monoisotopic (exact) mass is 304 g/mol. The van der Waals surface area contributed by atoms with E-state index in [1.807, 2.05) is 19.1 Å². The van der Waals surface area contributed by atoms with E-state index < -0.39 is 0 Å². The van der Waals surface area contributed by atoms with Gasteiger partial charge >= 0.3 is 0 Å². The van der Waals surface area contributed by atoms with E-state index >= 15 is 0 Å². The number of carbonyl (C=O) groups is 1. The number of nitrogens with one attached hydrogen (secondary N) is 1. The molecule has 0 unspecified atom stereocenters. The van der Waals surface area contributed by atoms with Crippen LogP contribution in [0.25, 0.3) is 0 Å². The van der Waals surface area contributed by atoms with Gasteiger partial charge in [0, 0.05) is 25.2 Å². The van der Waals surface area contributed by atoms with Crippen LogP contribution in [-0.4, -0.2) is 34.6 Å². The van der Waals surface area contributed by atoms with Gasteiger partial charge in [0.25, 0.3) is 5.91 Å². The average Bonchev–Trinajstić information content (AvgIpc) is 2.50. The summed E-state index contributed by atoms with van der Waals surface area (Å²) in [6.45, 7) is 3.23. The Bertz CT molecular complexity index is 598. The molecule has 6 heteroatoms. The van der Waals surface area contributed by atoms with Crippen LogP contribution in [-0.2, 0) is 6.54 Å². The highest BCUT2D eigenvalue weighted by molar-refractivity contribution is 6.30. The van der Waals surface area contributed by atoms with Gasteiger partial charge in [-0.25, -0.2) is 0 Å². The summed E-state index contributed by atoms with van der Waals surface area (Å²) < 4.78 is 0. The fraction of sp³-hybridized carbons (Fsp3) is 0.267. The molecule has 1 aromatic heterocycles. The van der Waals surface area contributed by atoms with E-state index in [4.69, 9.17) is 11.6 Å². The summed E-state index contributed by atoms with van der Waals surface area (Å²) in [6, 6.07) is 10.8. The standard InChI is InChI=1S/C15H17ClN4O/c1-3-17-14-9-8-13(18-19-14)15(21)20(2)10-11-4-6-12(16)7-5-11/h4-9H,3,10H2,1-2H3,(H,17,19). The van der Waals surface area contributed by atoms with Crippen LogP contribution in [0.3, 0.4) is 0 Å². The minimum absolute atomic E-state index is 0.166. The highest BCUT2D eigenvalue weighted by Crippen LogP contribution is 2.12. The first-order valence-corrected chi connectivity index (χ1v) is 7.05. The normalized spacial score (nSPS) is 10.2. The van der Waals surface area contributed by atoms with Crippen LogP contribution in [0.2, 0.25) is 5.02 Å². The van der Waals surface area contributed by atoms with Gasteiger partial charge in [0.1, 0.15) is 5.82 Å². The highest BCUT2D eigenvalue weighted by Gasteiger charge is 2.14. The number of halogens is 1. The molecule has 0 radical (unpaired) electrons. The number of carbonyl (C=O) groups excluding carboxylic acids is 1. The highest BCUT2D eigenvalue weighted by atomic mass is 35.5. The summed E-state index contributed by atoms with van der Waals surface area (Å²) in [5, 5.41) is 11.6. The van der Waals surface area contributed by atoms with Gasteiger partial charge in [-0.1, -0.05) is 23.7 Å². The molecule has 0 bridgehead atoms. The molecule has 0 spiro atoms. The van der Waals surface area contributed by atoms with Gasteiger partial charge in [-0.3, -0.25) is 4.79 Å². The smallest absolute Gasteiger partial charge is 0.274 e. The van der Waals surface area contributed by atoms with Crippen molar-refractivity contribution in [3.8, 4) is 0 Å².